The van der Waals surface area contributed by atoms with E-state index in [2.05, 4.69) is 37.9 Å². The molecule has 0 aliphatic carbocycles. The summed E-state index contributed by atoms with van der Waals surface area (Å²) in [6.07, 6.45) is 0. The largest absolute Gasteiger partial charge is 0.103 e. The number of rotatable bonds is 1. The second-order valence-corrected chi connectivity index (χ2v) is 6.40. The molecular weight excluding hydrogens is 256 g/mol. The molecule has 0 bridgehead atoms. The van der Waals surface area contributed by atoms with Gasteiger partial charge in [0.1, 0.15) is 3.23 Å². The van der Waals surface area contributed by atoms with Gasteiger partial charge in [-0.25, -0.2) is 0 Å². The first kappa shape index (κ1) is 8.28. The van der Waals surface area contributed by atoms with E-state index in [1.54, 1.807) is 0 Å². The van der Waals surface area contributed by atoms with Crippen LogP contribution in [0, 0.1) is 6.07 Å². The molecule has 0 spiro atoms. The second-order valence-electron chi connectivity index (χ2n) is 2.16. The normalized spacial score (nSPS) is 11.5. The molecule has 0 saturated carbocycles. The van der Waals surface area contributed by atoms with Crippen LogP contribution in [0.25, 0.3) is 0 Å². The van der Waals surface area contributed by atoms with Gasteiger partial charge >= 0.3 is 0 Å². The minimum atomic E-state index is -0.138. The summed E-state index contributed by atoms with van der Waals surface area (Å²) in [5, 5.41) is 0. The maximum absolute atomic E-state index is 3.47. The summed E-state index contributed by atoms with van der Waals surface area (Å²) in [7, 11) is 0. The van der Waals surface area contributed by atoms with Crippen LogP contribution in [-0.4, -0.2) is 0 Å². The first-order valence-electron chi connectivity index (χ1n) is 2.96. The van der Waals surface area contributed by atoms with Gasteiger partial charge in [0.2, 0.25) is 0 Å². The molecule has 1 aromatic carbocycles. The van der Waals surface area contributed by atoms with E-state index in [1.165, 1.54) is 0 Å². The summed E-state index contributed by atoms with van der Waals surface area (Å²) in [6.45, 7) is 2.03. The maximum Gasteiger partial charge on any atom is 0.103 e. The first-order chi connectivity index (χ1) is 4.61. The highest BCUT2D eigenvalue weighted by atomic mass is 79.9. The Morgan fingerprint density at radius 2 is 2.10 bits per heavy atom. The molecule has 0 N–H and O–H groups in total. The fourth-order valence-electron chi connectivity index (χ4n) is 0.666. The minimum Gasteiger partial charge on any atom is -0.0677 e. The topological polar surface area (TPSA) is 0 Å². The van der Waals surface area contributed by atoms with Crippen molar-refractivity contribution in [3.63, 3.8) is 0 Å². The van der Waals surface area contributed by atoms with E-state index < -0.39 is 0 Å². The van der Waals surface area contributed by atoms with Crippen LogP contribution in [0.4, 0.5) is 0 Å². The lowest BCUT2D eigenvalue weighted by Crippen LogP contribution is -2.00. The van der Waals surface area contributed by atoms with E-state index >= 15 is 0 Å². The highest BCUT2D eigenvalue weighted by molar-refractivity contribution is 9.24. The summed E-state index contributed by atoms with van der Waals surface area (Å²) in [4.78, 5) is 0. The summed E-state index contributed by atoms with van der Waals surface area (Å²) in [5.41, 5.74) is 1.11. The van der Waals surface area contributed by atoms with E-state index in [-0.39, 0.29) is 3.23 Å². The van der Waals surface area contributed by atoms with Crippen molar-refractivity contribution in [3.05, 3.63) is 35.9 Å². The third kappa shape index (κ3) is 2.10. The predicted molar refractivity (Wildman–Crippen MR) is 50.5 cm³/mol. The Bertz CT molecular complexity index is 198. The van der Waals surface area contributed by atoms with Crippen LogP contribution in [0.3, 0.4) is 0 Å². The van der Waals surface area contributed by atoms with Crippen molar-refractivity contribution < 1.29 is 0 Å². The fraction of sp³-hybridized carbons (Fsp3) is 0.250. The number of benzene rings is 1. The second kappa shape index (κ2) is 3.05. The van der Waals surface area contributed by atoms with Gasteiger partial charge in [0.05, 0.1) is 0 Å². The molecule has 10 heavy (non-hydrogen) atoms. The van der Waals surface area contributed by atoms with Crippen LogP contribution in [0.1, 0.15) is 12.5 Å². The van der Waals surface area contributed by atoms with Crippen molar-refractivity contribution in [2.45, 2.75) is 10.2 Å². The fourth-order valence-corrected chi connectivity index (χ4v) is 1.16. The van der Waals surface area contributed by atoms with Crippen molar-refractivity contribution >= 4 is 31.9 Å². The van der Waals surface area contributed by atoms with Crippen LogP contribution < -0.4 is 0 Å². The van der Waals surface area contributed by atoms with E-state index in [0.29, 0.717) is 0 Å². The van der Waals surface area contributed by atoms with Crippen LogP contribution in [0.2, 0.25) is 0 Å². The third-order valence-corrected chi connectivity index (χ3v) is 2.04. The van der Waals surface area contributed by atoms with E-state index in [9.17, 15) is 0 Å². The van der Waals surface area contributed by atoms with Crippen LogP contribution >= 0.6 is 31.9 Å². The Labute approximate surface area is 77.9 Å². The highest BCUT2D eigenvalue weighted by Crippen LogP contribution is 2.36. The van der Waals surface area contributed by atoms with Gasteiger partial charge in [0.25, 0.3) is 0 Å². The number of hydrogen-bond acceptors (Lipinski definition) is 0. The third-order valence-electron chi connectivity index (χ3n) is 1.18. The molecule has 0 atom stereocenters. The molecule has 0 aliphatic heterocycles. The SMILES string of the molecule is CC(Br)(Br)c1[c]cccc1. The molecule has 0 amide bonds. The molecule has 1 rings (SSSR count). The molecular formula is C8H7Br2. The van der Waals surface area contributed by atoms with Crippen molar-refractivity contribution in [2.24, 2.45) is 0 Å². The van der Waals surface area contributed by atoms with Crippen LogP contribution in [0.15, 0.2) is 24.3 Å². The molecule has 1 radical (unpaired) electrons. The van der Waals surface area contributed by atoms with Crippen molar-refractivity contribution in [1.29, 1.82) is 0 Å². The molecule has 0 aliphatic rings. The Kier molecular flexibility index (Phi) is 2.53. The van der Waals surface area contributed by atoms with E-state index in [1.807, 2.05) is 31.2 Å². The summed E-state index contributed by atoms with van der Waals surface area (Å²) < 4.78 is -0.138. The quantitative estimate of drug-likeness (QED) is 0.680. The summed E-state index contributed by atoms with van der Waals surface area (Å²) in [5.74, 6) is 0. The minimum absolute atomic E-state index is 0.138. The standard InChI is InChI=1S/C8H7Br2/c1-8(9,10)7-5-3-2-4-6-7/h2-5H,1H3. The van der Waals surface area contributed by atoms with Crippen LogP contribution in [0.5, 0.6) is 0 Å². The Morgan fingerprint density at radius 1 is 1.40 bits per heavy atom. The van der Waals surface area contributed by atoms with Gasteiger partial charge in [-0.05, 0) is 18.6 Å². The molecule has 0 nitrogen and oxygen atoms in total. The number of hydrogen-bond donors (Lipinski definition) is 0. The average Bonchev–Trinajstić information content (AvgIpc) is 1.88. The molecule has 0 heterocycles. The Morgan fingerprint density at radius 3 is 2.40 bits per heavy atom. The number of halogens is 2. The van der Waals surface area contributed by atoms with Crippen molar-refractivity contribution in [1.82, 2.24) is 0 Å². The smallest absolute Gasteiger partial charge is 0.0677 e. The summed E-state index contributed by atoms with van der Waals surface area (Å²) in [6, 6.07) is 11.0. The Hall–Kier alpha value is 0.180. The van der Waals surface area contributed by atoms with Crippen molar-refractivity contribution in [2.75, 3.05) is 0 Å². The van der Waals surface area contributed by atoms with E-state index in [4.69, 9.17) is 0 Å². The molecule has 0 unspecified atom stereocenters. The van der Waals surface area contributed by atoms with Crippen LogP contribution in [-0.2, 0) is 3.23 Å². The molecule has 53 valence electrons. The number of alkyl halides is 2. The molecule has 2 heteroatoms. The van der Waals surface area contributed by atoms with Gasteiger partial charge in [-0.2, -0.15) is 0 Å². The first-order valence-corrected chi connectivity index (χ1v) is 4.54. The molecule has 0 aromatic heterocycles. The van der Waals surface area contributed by atoms with Gasteiger partial charge in [0, 0.05) is 0 Å². The zero-order valence-corrected chi connectivity index (χ0v) is 8.74. The van der Waals surface area contributed by atoms with Gasteiger partial charge in [0.15, 0.2) is 0 Å². The maximum atomic E-state index is 3.47. The highest BCUT2D eigenvalue weighted by Gasteiger charge is 2.16. The van der Waals surface area contributed by atoms with Gasteiger partial charge in [-0.1, -0.05) is 56.1 Å². The molecule has 0 fully saturated rings. The monoisotopic (exact) mass is 261 g/mol. The van der Waals surface area contributed by atoms with Gasteiger partial charge in [-0.15, -0.1) is 0 Å². The average molecular weight is 263 g/mol. The zero-order valence-electron chi connectivity index (χ0n) is 5.57. The van der Waals surface area contributed by atoms with Crippen molar-refractivity contribution in [3.8, 4) is 0 Å². The lowest BCUT2D eigenvalue weighted by atomic mass is 10.2. The molecule has 1 aromatic rings. The summed E-state index contributed by atoms with van der Waals surface area (Å²) >= 11 is 6.94. The predicted octanol–water partition coefficient (Wildman–Crippen LogP) is 3.45. The molecule has 0 saturated heterocycles. The van der Waals surface area contributed by atoms with E-state index in [0.717, 1.165) is 5.56 Å². The van der Waals surface area contributed by atoms with Gasteiger partial charge in [-0.3, -0.25) is 0 Å². The lowest BCUT2D eigenvalue weighted by Gasteiger charge is -2.12. The Balaban J connectivity index is 2.97. The van der Waals surface area contributed by atoms with Gasteiger partial charge < -0.3 is 0 Å². The lowest BCUT2D eigenvalue weighted by molar-refractivity contribution is 1.06. The zero-order chi connectivity index (χ0) is 7.61.